The molecule has 0 aromatic heterocycles. The minimum absolute atomic E-state index is 0.0210. The maximum atomic E-state index is 11.6. The van der Waals surface area contributed by atoms with Gasteiger partial charge in [0, 0.05) is 16.7 Å². The molecule has 94 valence electrons. The second kappa shape index (κ2) is 6.17. The number of nitrogens with one attached hydrogen (secondary N) is 2. The largest absolute Gasteiger partial charge is 0.325 e. The Bertz CT molecular complexity index is 385. The van der Waals surface area contributed by atoms with Crippen LogP contribution in [0.4, 0.5) is 5.69 Å². The number of hydrogen-bond acceptors (Lipinski definition) is 2. The van der Waals surface area contributed by atoms with E-state index in [4.69, 9.17) is 0 Å². The van der Waals surface area contributed by atoms with Crippen molar-refractivity contribution < 1.29 is 4.79 Å². The summed E-state index contributed by atoms with van der Waals surface area (Å²) < 4.78 is 0.956. The van der Waals surface area contributed by atoms with Crippen LogP contribution in [0.3, 0.4) is 0 Å². The zero-order valence-electron chi connectivity index (χ0n) is 10.5. The van der Waals surface area contributed by atoms with E-state index in [1.807, 2.05) is 24.3 Å². The molecule has 0 aliphatic heterocycles. The van der Waals surface area contributed by atoms with Gasteiger partial charge in [0.25, 0.3) is 0 Å². The fourth-order valence-electron chi connectivity index (χ4n) is 1.32. The van der Waals surface area contributed by atoms with Crippen molar-refractivity contribution in [3.63, 3.8) is 0 Å². The monoisotopic (exact) mass is 298 g/mol. The smallest absolute Gasteiger partial charge is 0.238 e. The molecule has 3 nitrogen and oxygen atoms in total. The molecule has 1 rings (SSSR count). The third-order valence-electron chi connectivity index (χ3n) is 2.05. The van der Waals surface area contributed by atoms with Crippen molar-refractivity contribution in [1.82, 2.24) is 5.32 Å². The van der Waals surface area contributed by atoms with Crippen molar-refractivity contribution in [3.8, 4) is 0 Å². The number of hydrogen-bond donors (Lipinski definition) is 2. The first-order valence-corrected chi connectivity index (χ1v) is 6.42. The molecule has 0 heterocycles. The lowest BCUT2D eigenvalue weighted by atomic mass is 9.97. The quantitative estimate of drug-likeness (QED) is 0.897. The number of amides is 1. The molecule has 1 amide bonds. The number of carbonyl (C=O) groups excluding carboxylic acids is 1. The van der Waals surface area contributed by atoms with Gasteiger partial charge in [-0.15, -0.1) is 0 Å². The molecule has 0 saturated carbocycles. The van der Waals surface area contributed by atoms with E-state index in [1.165, 1.54) is 0 Å². The summed E-state index contributed by atoms with van der Waals surface area (Å²) in [7, 11) is 0. The van der Waals surface area contributed by atoms with Crippen molar-refractivity contribution in [2.45, 2.75) is 20.8 Å². The molecule has 1 aromatic rings. The predicted octanol–water partition coefficient (Wildman–Crippen LogP) is 3.02. The highest BCUT2D eigenvalue weighted by molar-refractivity contribution is 9.10. The normalized spacial score (nSPS) is 11.3. The second-order valence-electron chi connectivity index (χ2n) is 5.22. The highest BCUT2D eigenvalue weighted by atomic mass is 79.9. The molecule has 17 heavy (non-hydrogen) atoms. The summed E-state index contributed by atoms with van der Waals surface area (Å²) in [6.07, 6.45) is 0. The van der Waals surface area contributed by atoms with Crippen LogP contribution >= 0.6 is 15.9 Å². The van der Waals surface area contributed by atoms with E-state index >= 15 is 0 Å². The molecule has 0 saturated heterocycles. The number of benzene rings is 1. The zero-order valence-corrected chi connectivity index (χ0v) is 12.1. The fraction of sp³-hybridized carbons (Fsp3) is 0.462. The van der Waals surface area contributed by atoms with Crippen LogP contribution in [0.2, 0.25) is 0 Å². The third kappa shape index (κ3) is 6.44. The summed E-state index contributed by atoms with van der Waals surface area (Å²) in [6, 6.07) is 7.56. The average molecular weight is 299 g/mol. The first-order valence-electron chi connectivity index (χ1n) is 5.63. The standard InChI is InChI=1S/C13H19BrN2O/c1-13(2,3)9-15-8-12(17)16-11-6-4-5-10(14)7-11/h4-7,15H,8-9H2,1-3H3,(H,16,17). The van der Waals surface area contributed by atoms with Crippen LogP contribution in [0.15, 0.2) is 28.7 Å². The van der Waals surface area contributed by atoms with Gasteiger partial charge in [-0.25, -0.2) is 0 Å². The summed E-state index contributed by atoms with van der Waals surface area (Å²) >= 11 is 3.36. The summed E-state index contributed by atoms with van der Waals surface area (Å²) in [5, 5.41) is 5.97. The maximum Gasteiger partial charge on any atom is 0.238 e. The van der Waals surface area contributed by atoms with Crippen LogP contribution in [0.25, 0.3) is 0 Å². The van der Waals surface area contributed by atoms with Crippen LogP contribution < -0.4 is 10.6 Å². The third-order valence-corrected chi connectivity index (χ3v) is 2.54. The zero-order chi connectivity index (χ0) is 12.9. The number of rotatable bonds is 4. The molecule has 4 heteroatoms. The van der Waals surface area contributed by atoms with Crippen molar-refractivity contribution in [3.05, 3.63) is 28.7 Å². The molecular formula is C13H19BrN2O. The van der Waals surface area contributed by atoms with Crippen molar-refractivity contribution >= 4 is 27.5 Å². The molecule has 2 N–H and O–H groups in total. The fourth-order valence-corrected chi connectivity index (χ4v) is 1.72. The SMILES string of the molecule is CC(C)(C)CNCC(=O)Nc1cccc(Br)c1. The van der Waals surface area contributed by atoms with Crippen molar-refractivity contribution in [1.29, 1.82) is 0 Å². The van der Waals surface area contributed by atoms with Gasteiger partial charge in [0.05, 0.1) is 6.54 Å². The Morgan fingerprint density at radius 2 is 2.06 bits per heavy atom. The number of carbonyl (C=O) groups is 1. The maximum absolute atomic E-state index is 11.6. The molecule has 1 aromatic carbocycles. The van der Waals surface area contributed by atoms with Crippen molar-refractivity contribution in [2.24, 2.45) is 5.41 Å². The summed E-state index contributed by atoms with van der Waals surface area (Å²) in [6.45, 7) is 7.55. The Kier molecular flexibility index (Phi) is 5.15. The molecule has 0 spiro atoms. The van der Waals surface area contributed by atoms with Gasteiger partial charge in [0.15, 0.2) is 0 Å². The highest BCUT2D eigenvalue weighted by Gasteiger charge is 2.10. The van der Waals surface area contributed by atoms with Gasteiger partial charge >= 0.3 is 0 Å². The molecular weight excluding hydrogens is 280 g/mol. The van der Waals surface area contributed by atoms with E-state index < -0.39 is 0 Å². The van der Waals surface area contributed by atoms with Crippen LogP contribution in [0.5, 0.6) is 0 Å². The predicted molar refractivity (Wildman–Crippen MR) is 75.1 cm³/mol. The van der Waals surface area contributed by atoms with Gasteiger partial charge in [-0.1, -0.05) is 42.8 Å². The first kappa shape index (κ1) is 14.2. The first-order chi connectivity index (χ1) is 7.87. The molecule has 0 aliphatic rings. The van der Waals surface area contributed by atoms with Crippen LogP contribution in [0.1, 0.15) is 20.8 Å². The Balaban J connectivity index is 2.35. The molecule has 0 fully saturated rings. The lowest BCUT2D eigenvalue weighted by Crippen LogP contribution is -2.33. The van der Waals surface area contributed by atoms with Gasteiger partial charge in [-0.3, -0.25) is 4.79 Å². The summed E-state index contributed by atoms with van der Waals surface area (Å²) in [5.41, 5.74) is 0.998. The number of halogens is 1. The van der Waals surface area contributed by atoms with E-state index in [9.17, 15) is 4.79 Å². The van der Waals surface area contributed by atoms with Crippen molar-refractivity contribution in [2.75, 3.05) is 18.4 Å². The average Bonchev–Trinajstić information content (AvgIpc) is 2.15. The number of anilines is 1. The van der Waals surface area contributed by atoms with Gasteiger partial charge in [0.2, 0.25) is 5.91 Å². The lowest BCUT2D eigenvalue weighted by molar-refractivity contribution is -0.115. The molecule has 0 atom stereocenters. The van der Waals surface area contributed by atoms with E-state index in [1.54, 1.807) is 0 Å². The van der Waals surface area contributed by atoms with Crippen LogP contribution in [-0.4, -0.2) is 19.0 Å². The lowest BCUT2D eigenvalue weighted by Gasteiger charge is -2.18. The van der Waals surface area contributed by atoms with Gasteiger partial charge in [-0.05, 0) is 23.6 Å². The van der Waals surface area contributed by atoms with E-state index in [-0.39, 0.29) is 11.3 Å². The topological polar surface area (TPSA) is 41.1 Å². The molecule has 0 radical (unpaired) electrons. The highest BCUT2D eigenvalue weighted by Crippen LogP contribution is 2.15. The summed E-state index contributed by atoms with van der Waals surface area (Å²) in [4.78, 5) is 11.6. The Morgan fingerprint density at radius 1 is 1.35 bits per heavy atom. The van der Waals surface area contributed by atoms with E-state index in [0.29, 0.717) is 6.54 Å². The Hall–Kier alpha value is -0.870. The minimum Gasteiger partial charge on any atom is -0.325 e. The van der Waals surface area contributed by atoms with Gasteiger partial charge < -0.3 is 10.6 Å². The molecule has 0 unspecified atom stereocenters. The van der Waals surface area contributed by atoms with E-state index in [0.717, 1.165) is 16.7 Å². The Labute approximate surface area is 111 Å². The van der Waals surface area contributed by atoms with Crippen LogP contribution in [0, 0.1) is 5.41 Å². The minimum atomic E-state index is -0.0210. The Morgan fingerprint density at radius 3 is 2.65 bits per heavy atom. The summed E-state index contributed by atoms with van der Waals surface area (Å²) in [5.74, 6) is -0.0210. The van der Waals surface area contributed by atoms with Crippen LogP contribution in [-0.2, 0) is 4.79 Å². The van der Waals surface area contributed by atoms with Gasteiger partial charge in [-0.2, -0.15) is 0 Å². The van der Waals surface area contributed by atoms with E-state index in [2.05, 4.69) is 47.3 Å². The second-order valence-corrected chi connectivity index (χ2v) is 6.14. The molecule has 0 aliphatic carbocycles. The molecule has 0 bridgehead atoms. The van der Waals surface area contributed by atoms with Gasteiger partial charge in [0.1, 0.15) is 0 Å².